The Bertz CT molecular complexity index is 278. The second kappa shape index (κ2) is 5.47. The van der Waals surface area contributed by atoms with Gasteiger partial charge in [0.1, 0.15) is 0 Å². The van der Waals surface area contributed by atoms with Gasteiger partial charge in [-0.05, 0) is 0 Å². The van der Waals surface area contributed by atoms with Gasteiger partial charge < -0.3 is 5.11 Å². The van der Waals surface area contributed by atoms with Gasteiger partial charge in [0.25, 0.3) is 0 Å². The van der Waals surface area contributed by atoms with Crippen molar-refractivity contribution in [2.75, 3.05) is 0 Å². The normalized spacial score (nSPS) is 10.0. The zero-order chi connectivity index (χ0) is 11.2. The molecule has 8 heteroatoms. The summed E-state index contributed by atoms with van der Waals surface area (Å²) in [6.45, 7) is 0. The lowest BCUT2D eigenvalue weighted by molar-refractivity contribution is -2.00. The molecule has 0 aromatic carbocycles. The van der Waals surface area contributed by atoms with Crippen LogP contribution in [0.3, 0.4) is 0 Å². The Labute approximate surface area is 80.8 Å². The summed E-state index contributed by atoms with van der Waals surface area (Å²) in [7, 11) is -4.94. The van der Waals surface area contributed by atoms with Gasteiger partial charge >= 0.3 is 6.09 Å². The molecule has 0 atom stereocenters. The topological polar surface area (TPSA) is 133 Å². The molecule has 0 aliphatic rings. The lowest BCUT2D eigenvalue weighted by Crippen LogP contribution is -2.68. The maximum absolute atomic E-state index is 10.2. The Kier molecular flexibility index (Phi) is 4.99. The third kappa shape index (κ3) is 8.84. The van der Waals surface area contributed by atoms with Crippen molar-refractivity contribution >= 4 is 6.09 Å². The van der Waals surface area contributed by atoms with E-state index >= 15 is 0 Å². The molecule has 0 amide bonds. The molecule has 1 aromatic heterocycles. The molecule has 7 nitrogen and oxygen atoms in total. The minimum atomic E-state index is -4.94. The fraction of sp³-hybridized carbons (Fsp3) is 0. The predicted octanol–water partition coefficient (Wildman–Crippen LogP) is -4.26. The predicted molar refractivity (Wildman–Crippen MR) is 30.1 cm³/mol. The van der Waals surface area contributed by atoms with Gasteiger partial charge in [-0.15, -0.1) is 10.2 Å². The molecule has 78 valence electrons. The molecular weight excluding hydrogens is 218 g/mol. The third-order valence-corrected chi connectivity index (χ3v) is 0.936. The molecule has 0 saturated carbocycles. The highest BCUT2D eigenvalue weighted by molar-refractivity contribution is 5.53. The Balaban J connectivity index is 0.000000292. The summed E-state index contributed by atoms with van der Waals surface area (Å²) in [5.41, 5.74) is 0. The number of hydrogen-bond donors (Lipinski definition) is 1. The highest BCUT2D eigenvalue weighted by atomic mass is 35.7. The monoisotopic (exact) mass is 223 g/mol. The van der Waals surface area contributed by atoms with Crippen molar-refractivity contribution in [1.82, 2.24) is 0 Å². The van der Waals surface area contributed by atoms with Crippen LogP contribution >= 0.6 is 0 Å². The van der Waals surface area contributed by atoms with Crippen molar-refractivity contribution in [1.29, 1.82) is 0 Å². The number of aromatic nitrogens is 1. The van der Waals surface area contributed by atoms with Crippen LogP contribution in [0.1, 0.15) is 0 Å². The molecule has 1 N–H and O–H groups in total. The summed E-state index contributed by atoms with van der Waals surface area (Å²) < 4.78 is 35.1. The molecule has 0 unspecified atom stereocenters. The molecule has 0 fully saturated rings. The third-order valence-electron chi connectivity index (χ3n) is 0.936. The molecule has 0 spiro atoms. The van der Waals surface area contributed by atoms with Crippen LogP contribution in [0, 0.1) is 10.2 Å². The van der Waals surface area contributed by atoms with E-state index in [4.69, 9.17) is 23.7 Å². The molecule has 1 rings (SSSR count). The molecule has 0 aliphatic carbocycles. The second-order valence-electron chi connectivity index (χ2n) is 1.94. The van der Waals surface area contributed by atoms with Gasteiger partial charge in [-0.2, -0.15) is 4.79 Å². The molecule has 0 bridgehead atoms. The van der Waals surface area contributed by atoms with Crippen LogP contribution in [0.15, 0.2) is 30.6 Å². The van der Waals surface area contributed by atoms with Gasteiger partial charge in [-0.1, -0.05) is 10.6 Å². The van der Waals surface area contributed by atoms with E-state index in [9.17, 15) is 4.79 Å². The van der Waals surface area contributed by atoms with Crippen molar-refractivity contribution in [2.24, 2.45) is 0 Å². The number of halogens is 1. The fourth-order valence-corrected chi connectivity index (χ4v) is 0.526. The van der Waals surface area contributed by atoms with E-state index < -0.39 is 16.3 Å². The first-order chi connectivity index (χ1) is 6.30. The van der Waals surface area contributed by atoms with Gasteiger partial charge in [0, 0.05) is 12.1 Å². The van der Waals surface area contributed by atoms with Gasteiger partial charge in [0.15, 0.2) is 12.4 Å². The van der Waals surface area contributed by atoms with E-state index in [2.05, 4.69) is 0 Å². The van der Waals surface area contributed by atoms with Crippen molar-refractivity contribution in [3.05, 3.63) is 30.6 Å². The van der Waals surface area contributed by atoms with Crippen LogP contribution in [0.4, 0.5) is 4.79 Å². The Hall–Kier alpha value is -1.25. The molecule has 14 heavy (non-hydrogen) atoms. The van der Waals surface area contributed by atoms with E-state index in [-0.39, 0.29) is 0 Å². The molecule has 0 radical (unpaired) electrons. The van der Waals surface area contributed by atoms with Crippen molar-refractivity contribution in [2.45, 2.75) is 0 Å². The smallest absolute Gasteiger partial charge is 0.427 e. The summed E-state index contributed by atoms with van der Waals surface area (Å²) >= 11 is 0. The van der Waals surface area contributed by atoms with Crippen LogP contribution in [0.5, 0.6) is 0 Å². The summed E-state index contributed by atoms with van der Waals surface area (Å²) in [5, 5.41) is 8.35. The zero-order valence-corrected chi connectivity index (χ0v) is 7.46. The number of rotatable bonds is 0. The van der Waals surface area contributed by atoms with E-state index in [1.54, 1.807) is 18.2 Å². The minimum Gasteiger partial charge on any atom is -0.427 e. The quantitative estimate of drug-likeness (QED) is 0.443. The van der Waals surface area contributed by atoms with Crippen LogP contribution in [-0.4, -0.2) is 11.2 Å². The van der Waals surface area contributed by atoms with Crippen molar-refractivity contribution in [3.8, 4) is 0 Å². The Morgan fingerprint density at radius 3 is 1.64 bits per heavy atom. The molecule has 1 heterocycles. The highest BCUT2D eigenvalue weighted by Gasteiger charge is 2.06. The lowest BCUT2D eigenvalue weighted by Gasteiger charge is -2.17. The summed E-state index contributed by atoms with van der Waals surface area (Å²) in [4.78, 5) is 10.2. The van der Waals surface area contributed by atoms with Crippen LogP contribution in [-0.2, 0) is 0 Å². The van der Waals surface area contributed by atoms with E-state index in [1.807, 2.05) is 0 Å². The van der Waals surface area contributed by atoms with E-state index in [0.29, 0.717) is 0 Å². The SMILES string of the molecule is O=C(O)[n+]1ccccc1.[O-][Cl+3]([O-])([O-])[O-]. The standard InChI is InChI=1S/C6H5NO2.ClHO4/c8-6(9)7-4-2-1-3-5-7;2-1(3,4)5/h1-5H;(H,2,3,4,5). The average molecular weight is 224 g/mol. The van der Waals surface area contributed by atoms with E-state index in [1.165, 1.54) is 12.4 Å². The number of carbonyl (C=O) groups is 1. The maximum atomic E-state index is 10.2. The average Bonchev–Trinajstić information content (AvgIpc) is 2.03. The van der Waals surface area contributed by atoms with E-state index in [0.717, 1.165) is 4.57 Å². The fourth-order valence-electron chi connectivity index (χ4n) is 0.526. The Morgan fingerprint density at radius 2 is 1.43 bits per heavy atom. The molecule has 0 saturated heterocycles. The van der Waals surface area contributed by atoms with Gasteiger partial charge in [0.05, 0.1) is 0 Å². The first-order valence-electron chi connectivity index (χ1n) is 3.12. The van der Waals surface area contributed by atoms with Gasteiger partial charge in [0.2, 0.25) is 0 Å². The first-order valence-corrected chi connectivity index (χ1v) is 4.35. The minimum absolute atomic E-state index is 0.962. The molecule has 0 aliphatic heterocycles. The van der Waals surface area contributed by atoms with Crippen LogP contribution in [0.25, 0.3) is 0 Å². The lowest BCUT2D eigenvalue weighted by atomic mass is 10.5. The van der Waals surface area contributed by atoms with Crippen molar-refractivity contribution in [3.63, 3.8) is 0 Å². The summed E-state index contributed by atoms with van der Waals surface area (Å²) in [5.74, 6) is 0. The summed E-state index contributed by atoms with van der Waals surface area (Å²) in [6, 6.07) is 5.08. The summed E-state index contributed by atoms with van der Waals surface area (Å²) in [6.07, 6.45) is 1.99. The first kappa shape index (κ1) is 12.8. The molecule has 1 aromatic rings. The second-order valence-corrected chi connectivity index (χ2v) is 2.70. The van der Waals surface area contributed by atoms with Crippen LogP contribution in [0.2, 0.25) is 0 Å². The number of pyridine rings is 1. The number of carboxylic acid groups (broad SMARTS) is 1. The van der Waals surface area contributed by atoms with Gasteiger partial charge in [-0.25, -0.2) is 18.6 Å². The largest absolute Gasteiger partial charge is 0.599 e. The van der Waals surface area contributed by atoms with Gasteiger partial charge in [-0.3, -0.25) is 0 Å². The maximum Gasteiger partial charge on any atom is 0.599 e. The number of hydrogen-bond acceptors (Lipinski definition) is 5. The molecular formula is C6H6ClNO6. The van der Waals surface area contributed by atoms with Crippen LogP contribution < -0.4 is 23.2 Å². The highest BCUT2D eigenvalue weighted by Crippen LogP contribution is 1.74. The Morgan fingerprint density at radius 1 is 1.07 bits per heavy atom. The number of nitrogens with zero attached hydrogens (tertiary/aromatic N) is 1. The van der Waals surface area contributed by atoms with Crippen molar-refractivity contribution < 1.29 is 43.3 Å². The zero-order valence-electron chi connectivity index (χ0n) is 6.70.